The van der Waals surface area contributed by atoms with Gasteiger partial charge in [0.2, 0.25) is 0 Å². The molecule has 1 heterocycles. The van der Waals surface area contributed by atoms with E-state index < -0.39 is 5.97 Å². The fourth-order valence-electron chi connectivity index (χ4n) is 1.70. The van der Waals surface area contributed by atoms with Crippen LogP contribution in [0.1, 0.15) is 17.2 Å². The first-order chi connectivity index (χ1) is 9.54. The Labute approximate surface area is 120 Å². The minimum absolute atomic E-state index is 0.0350. The molecule has 0 fully saturated rings. The molecule has 0 saturated carbocycles. The lowest BCUT2D eigenvalue weighted by Gasteiger charge is -2.14. The fraction of sp³-hybridized carbons (Fsp3) is 0.154. The normalized spacial score (nSPS) is 12.0. The largest absolute Gasteiger partial charge is 0.481 e. The molecule has 0 aliphatic rings. The lowest BCUT2D eigenvalue weighted by Crippen LogP contribution is -2.05. The number of benzene rings is 1. The number of nitrogen functional groups attached to an aromatic ring is 2. The van der Waals surface area contributed by atoms with Crippen LogP contribution in [0.15, 0.2) is 41.6 Å². The number of thioether (sulfide) groups is 1. The maximum absolute atomic E-state index is 11.0. The molecule has 20 heavy (non-hydrogen) atoms. The van der Waals surface area contributed by atoms with Gasteiger partial charge in [0.1, 0.15) is 11.6 Å². The lowest BCUT2D eigenvalue weighted by molar-refractivity contribution is -0.137. The predicted octanol–water partition coefficient (Wildman–Crippen LogP) is 1.95. The van der Waals surface area contributed by atoms with Crippen LogP contribution >= 0.6 is 11.8 Å². The van der Waals surface area contributed by atoms with Gasteiger partial charge in [-0.05, 0) is 5.56 Å². The number of anilines is 2. The van der Waals surface area contributed by atoms with E-state index in [0.29, 0.717) is 5.16 Å². The van der Waals surface area contributed by atoms with Gasteiger partial charge in [-0.3, -0.25) is 4.79 Å². The van der Waals surface area contributed by atoms with Gasteiger partial charge in [0, 0.05) is 11.3 Å². The Morgan fingerprint density at radius 2 is 1.80 bits per heavy atom. The van der Waals surface area contributed by atoms with Gasteiger partial charge in [0.15, 0.2) is 5.16 Å². The maximum Gasteiger partial charge on any atom is 0.304 e. The average Bonchev–Trinajstić information content (AvgIpc) is 2.37. The van der Waals surface area contributed by atoms with E-state index in [1.54, 1.807) is 0 Å². The van der Waals surface area contributed by atoms with E-state index in [0.717, 1.165) is 5.56 Å². The van der Waals surface area contributed by atoms with Gasteiger partial charge in [-0.25, -0.2) is 9.97 Å². The van der Waals surface area contributed by atoms with Crippen LogP contribution in [-0.2, 0) is 4.79 Å². The first-order valence-corrected chi connectivity index (χ1v) is 6.76. The van der Waals surface area contributed by atoms with E-state index in [2.05, 4.69) is 9.97 Å². The number of carboxylic acid groups (broad SMARTS) is 1. The molecule has 0 saturated heterocycles. The van der Waals surface area contributed by atoms with Gasteiger partial charge in [-0.2, -0.15) is 0 Å². The topological polar surface area (TPSA) is 115 Å². The van der Waals surface area contributed by atoms with Crippen molar-refractivity contribution in [1.82, 2.24) is 9.97 Å². The van der Waals surface area contributed by atoms with Gasteiger partial charge in [-0.1, -0.05) is 42.1 Å². The van der Waals surface area contributed by atoms with E-state index in [9.17, 15) is 4.79 Å². The van der Waals surface area contributed by atoms with Crippen LogP contribution in [0.3, 0.4) is 0 Å². The number of carbonyl (C=O) groups is 1. The van der Waals surface area contributed by atoms with E-state index in [-0.39, 0.29) is 23.3 Å². The van der Waals surface area contributed by atoms with Gasteiger partial charge in [-0.15, -0.1) is 0 Å². The number of nitrogens with two attached hydrogens (primary N) is 2. The zero-order valence-electron chi connectivity index (χ0n) is 10.6. The summed E-state index contributed by atoms with van der Waals surface area (Å²) in [6.07, 6.45) is -0.0350. The van der Waals surface area contributed by atoms with Crippen molar-refractivity contribution >= 4 is 29.4 Å². The molecule has 1 atom stereocenters. The number of nitrogens with zero attached hydrogens (tertiary/aromatic N) is 2. The highest BCUT2D eigenvalue weighted by Gasteiger charge is 2.18. The first-order valence-electron chi connectivity index (χ1n) is 5.88. The van der Waals surface area contributed by atoms with Crippen molar-refractivity contribution in [2.75, 3.05) is 11.5 Å². The Hall–Kier alpha value is -2.28. The number of rotatable bonds is 5. The van der Waals surface area contributed by atoms with Gasteiger partial charge in [0.25, 0.3) is 0 Å². The van der Waals surface area contributed by atoms with Crippen molar-refractivity contribution in [3.63, 3.8) is 0 Å². The van der Waals surface area contributed by atoms with Crippen LogP contribution in [0.5, 0.6) is 0 Å². The monoisotopic (exact) mass is 290 g/mol. The molecule has 0 radical (unpaired) electrons. The number of aliphatic carboxylic acids is 1. The standard InChI is InChI=1S/C13H14N4O2S/c14-10-7-11(15)17-13(16-10)20-9(6-12(18)19)8-4-2-1-3-5-8/h1-5,7,9H,6H2,(H,18,19)(H4,14,15,16,17). The average molecular weight is 290 g/mol. The third-order valence-corrected chi connectivity index (χ3v) is 3.64. The Kier molecular flexibility index (Phi) is 4.41. The van der Waals surface area contributed by atoms with E-state index in [1.807, 2.05) is 30.3 Å². The number of hydrogen-bond donors (Lipinski definition) is 3. The van der Waals surface area contributed by atoms with Crippen LogP contribution < -0.4 is 11.5 Å². The molecule has 104 valence electrons. The summed E-state index contributed by atoms with van der Waals surface area (Å²) < 4.78 is 0. The van der Waals surface area contributed by atoms with Crippen molar-refractivity contribution in [3.8, 4) is 0 Å². The van der Waals surface area contributed by atoms with E-state index in [1.165, 1.54) is 17.8 Å². The number of hydrogen-bond acceptors (Lipinski definition) is 6. The quantitative estimate of drug-likeness (QED) is 0.569. The molecule has 6 nitrogen and oxygen atoms in total. The summed E-state index contributed by atoms with van der Waals surface area (Å²) in [5.41, 5.74) is 12.1. The highest BCUT2D eigenvalue weighted by atomic mass is 32.2. The lowest BCUT2D eigenvalue weighted by atomic mass is 10.1. The number of aromatic nitrogens is 2. The summed E-state index contributed by atoms with van der Waals surface area (Å²) in [5, 5.41) is 9.11. The molecule has 2 aromatic rings. The molecular formula is C13H14N4O2S. The molecule has 0 aliphatic carbocycles. The Morgan fingerprint density at radius 3 is 2.35 bits per heavy atom. The highest BCUT2D eigenvalue weighted by molar-refractivity contribution is 7.99. The van der Waals surface area contributed by atoms with Gasteiger partial charge >= 0.3 is 5.97 Å². The molecule has 1 aromatic carbocycles. The SMILES string of the molecule is Nc1cc(N)nc(SC(CC(=O)O)c2ccccc2)n1. The molecular weight excluding hydrogens is 276 g/mol. The third kappa shape index (κ3) is 3.86. The molecule has 7 heteroatoms. The van der Waals surface area contributed by atoms with Crippen molar-refractivity contribution in [2.45, 2.75) is 16.8 Å². The molecule has 0 spiro atoms. The summed E-state index contributed by atoms with van der Waals surface area (Å²) >= 11 is 1.24. The minimum atomic E-state index is -0.886. The van der Waals surface area contributed by atoms with E-state index in [4.69, 9.17) is 16.6 Å². The zero-order chi connectivity index (χ0) is 14.5. The molecule has 1 aromatic heterocycles. The third-order valence-electron chi connectivity index (χ3n) is 2.52. The summed E-state index contributed by atoms with van der Waals surface area (Å²) in [4.78, 5) is 19.1. The number of carboxylic acids is 1. The first kappa shape index (κ1) is 14.1. The molecule has 0 amide bonds. The molecule has 2 rings (SSSR count). The summed E-state index contributed by atoms with van der Waals surface area (Å²) in [5.74, 6) is -0.354. The van der Waals surface area contributed by atoms with Crippen LogP contribution in [0.25, 0.3) is 0 Å². The summed E-state index contributed by atoms with van der Waals surface area (Å²) in [6.45, 7) is 0. The highest BCUT2D eigenvalue weighted by Crippen LogP contribution is 2.36. The summed E-state index contributed by atoms with van der Waals surface area (Å²) in [6, 6.07) is 10.8. The second-order valence-electron chi connectivity index (χ2n) is 4.12. The fourth-order valence-corrected chi connectivity index (χ4v) is 2.79. The smallest absolute Gasteiger partial charge is 0.304 e. The molecule has 1 unspecified atom stereocenters. The van der Waals surface area contributed by atoms with Crippen LogP contribution in [-0.4, -0.2) is 21.0 Å². The molecule has 0 bridgehead atoms. The van der Waals surface area contributed by atoms with E-state index >= 15 is 0 Å². The molecule has 5 N–H and O–H groups in total. The van der Waals surface area contributed by atoms with Crippen LogP contribution in [0.2, 0.25) is 0 Å². The summed E-state index contributed by atoms with van der Waals surface area (Å²) in [7, 11) is 0. The van der Waals surface area contributed by atoms with Gasteiger partial charge in [0.05, 0.1) is 6.42 Å². The Morgan fingerprint density at radius 1 is 1.20 bits per heavy atom. The maximum atomic E-state index is 11.0. The predicted molar refractivity (Wildman–Crippen MR) is 78.1 cm³/mol. The minimum Gasteiger partial charge on any atom is -0.481 e. The van der Waals surface area contributed by atoms with Crippen LogP contribution in [0, 0.1) is 0 Å². The van der Waals surface area contributed by atoms with Crippen molar-refractivity contribution in [1.29, 1.82) is 0 Å². The second kappa shape index (κ2) is 6.25. The molecule has 0 aliphatic heterocycles. The Bertz CT molecular complexity index is 586. The van der Waals surface area contributed by atoms with Crippen molar-refractivity contribution < 1.29 is 9.90 Å². The second-order valence-corrected chi connectivity index (χ2v) is 5.29. The zero-order valence-corrected chi connectivity index (χ0v) is 11.4. The van der Waals surface area contributed by atoms with Crippen LogP contribution in [0.4, 0.5) is 11.6 Å². The Balaban J connectivity index is 2.26. The van der Waals surface area contributed by atoms with Crippen molar-refractivity contribution in [3.05, 3.63) is 42.0 Å². The van der Waals surface area contributed by atoms with Crippen molar-refractivity contribution in [2.24, 2.45) is 0 Å². The van der Waals surface area contributed by atoms with Gasteiger partial charge < -0.3 is 16.6 Å².